The fourth-order valence-corrected chi connectivity index (χ4v) is 4.30. The summed E-state index contributed by atoms with van der Waals surface area (Å²) in [4.78, 5) is 39.1. The van der Waals surface area contributed by atoms with Gasteiger partial charge in [-0.25, -0.2) is 9.69 Å². The number of hydrogen-bond donors (Lipinski definition) is 1. The number of hydrogen-bond acceptors (Lipinski definition) is 4. The normalized spacial score (nSPS) is 15.0. The molecule has 0 aliphatic carbocycles. The van der Waals surface area contributed by atoms with E-state index in [1.165, 1.54) is 6.08 Å². The van der Waals surface area contributed by atoms with Crippen molar-refractivity contribution >= 4 is 57.1 Å². The van der Waals surface area contributed by atoms with Gasteiger partial charge < -0.3 is 4.74 Å². The Hall–Kier alpha value is -3.42. The van der Waals surface area contributed by atoms with E-state index < -0.39 is 17.8 Å². The van der Waals surface area contributed by atoms with Crippen molar-refractivity contribution in [1.82, 2.24) is 5.32 Å². The number of aryl methyl sites for hydroxylation is 2. The van der Waals surface area contributed by atoms with E-state index in [1.54, 1.807) is 43.3 Å². The van der Waals surface area contributed by atoms with Gasteiger partial charge in [0, 0.05) is 10.6 Å². The molecule has 1 fully saturated rings. The van der Waals surface area contributed by atoms with Gasteiger partial charge in [0.1, 0.15) is 17.9 Å². The van der Waals surface area contributed by atoms with Gasteiger partial charge in [-0.2, -0.15) is 0 Å². The maximum atomic E-state index is 13.2. The molecule has 8 heteroatoms. The van der Waals surface area contributed by atoms with E-state index in [4.69, 9.17) is 16.3 Å². The summed E-state index contributed by atoms with van der Waals surface area (Å²) in [5.74, 6) is -0.851. The molecule has 4 amide bonds. The third-order valence-corrected chi connectivity index (χ3v) is 6.29. The summed E-state index contributed by atoms with van der Waals surface area (Å²) in [5.41, 5.74) is 3.47. The van der Waals surface area contributed by atoms with Crippen LogP contribution < -0.4 is 15.0 Å². The molecule has 3 aromatic carbocycles. The van der Waals surface area contributed by atoms with Crippen LogP contribution in [0.5, 0.6) is 5.75 Å². The summed E-state index contributed by atoms with van der Waals surface area (Å²) in [6, 6.07) is 17.2. The van der Waals surface area contributed by atoms with Crippen LogP contribution in [0.1, 0.15) is 22.3 Å². The Kier molecular flexibility index (Phi) is 6.86. The SMILES string of the molecule is Cc1ccc(N2C(=O)NC(=O)/C(=C\c3ccc(OCc4ccccc4Cl)c(Br)c3)C2=O)c(C)c1. The highest BCUT2D eigenvalue weighted by Crippen LogP contribution is 2.30. The first-order valence-corrected chi connectivity index (χ1v) is 11.6. The minimum Gasteiger partial charge on any atom is -0.488 e. The number of urea groups is 1. The van der Waals surface area contributed by atoms with E-state index >= 15 is 0 Å². The lowest BCUT2D eigenvalue weighted by atomic mass is 10.0. The Morgan fingerprint density at radius 1 is 1.03 bits per heavy atom. The minimum absolute atomic E-state index is 0.142. The van der Waals surface area contributed by atoms with Crippen molar-refractivity contribution in [3.63, 3.8) is 0 Å². The van der Waals surface area contributed by atoms with Crippen LogP contribution in [0.25, 0.3) is 6.08 Å². The number of anilines is 1. The number of rotatable bonds is 5. The van der Waals surface area contributed by atoms with E-state index in [-0.39, 0.29) is 12.2 Å². The zero-order chi connectivity index (χ0) is 24.4. The van der Waals surface area contributed by atoms with Gasteiger partial charge in [0.15, 0.2) is 0 Å². The molecule has 0 unspecified atom stereocenters. The van der Waals surface area contributed by atoms with Gasteiger partial charge in [0.05, 0.1) is 10.2 Å². The molecule has 4 rings (SSSR count). The molecule has 172 valence electrons. The number of benzene rings is 3. The number of carbonyl (C=O) groups excluding carboxylic acids is 3. The summed E-state index contributed by atoms with van der Waals surface area (Å²) < 4.78 is 6.49. The molecule has 3 aromatic rings. The molecule has 0 saturated carbocycles. The van der Waals surface area contributed by atoms with E-state index in [1.807, 2.05) is 31.2 Å². The first-order valence-electron chi connectivity index (χ1n) is 10.4. The molecule has 34 heavy (non-hydrogen) atoms. The third-order valence-electron chi connectivity index (χ3n) is 5.30. The molecule has 0 radical (unpaired) electrons. The van der Waals surface area contributed by atoms with Crippen molar-refractivity contribution in [2.45, 2.75) is 20.5 Å². The summed E-state index contributed by atoms with van der Waals surface area (Å²) >= 11 is 9.65. The molecule has 1 N–H and O–H groups in total. The number of imide groups is 2. The highest BCUT2D eigenvalue weighted by molar-refractivity contribution is 9.10. The van der Waals surface area contributed by atoms with Crippen LogP contribution in [0.15, 0.2) is 70.7 Å². The van der Waals surface area contributed by atoms with Crippen molar-refractivity contribution in [2.75, 3.05) is 4.90 Å². The molecule has 0 spiro atoms. The number of carbonyl (C=O) groups is 3. The summed E-state index contributed by atoms with van der Waals surface area (Å²) in [6.07, 6.45) is 1.45. The molecule has 1 aliphatic rings. The average Bonchev–Trinajstić information content (AvgIpc) is 2.78. The fraction of sp³-hybridized carbons (Fsp3) is 0.115. The lowest BCUT2D eigenvalue weighted by Crippen LogP contribution is -2.54. The van der Waals surface area contributed by atoms with Crippen LogP contribution >= 0.6 is 27.5 Å². The highest BCUT2D eigenvalue weighted by Gasteiger charge is 2.37. The molecular weight excluding hydrogens is 520 g/mol. The maximum Gasteiger partial charge on any atom is 0.335 e. The van der Waals surface area contributed by atoms with Crippen molar-refractivity contribution in [3.05, 3.63) is 98.0 Å². The maximum absolute atomic E-state index is 13.2. The standard InChI is InChI=1S/C26H20BrClN2O4/c1-15-7-9-22(16(2)11-15)30-25(32)19(24(31)29-26(30)33)12-17-8-10-23(20(27)13-17)34-14-18-5-3-4-6-21(18)28/h3-13H,14H2,1-2H3,(H,29,31,33)/b19-12+. The smallest absolute Gasteiger partial charge is 0.335 e. The summed E-state index contributed by atoms with van der Waals surface area (Å²) in [7, 11) is 0. The topological polar surface area (TPSA) is 75.7 Å². The van der Waals surface area contributed by atoms with Crippen LogP contribution in [0, 0.1) is 13.8 Å². The monoisotopic (exact) mass is 538 g/mol. The first-order chi connectivity index (χ1) is 16.2. The van der Waals surface area contributed by atoms with Crippen LogP contribution in [-0.4, -0.2) is 17.8 Å². The van der Waals surface area contributed by atoms with E-state index in [0.29, 0.717) is 26.5 Å². The number of nitrogens with one attached hydrogen (secondary N) is 1. The van der Waals surface area contributed by atoms with E-state index in [9.17, 15) is 14.4 Å². The van der Waals surface area contributed by atoms with Crippen molar-refractivity contribution in [1.29, 1.82) is 0 Å². The van der Waals surface area contributed by atoms with Gasteiger partial charge in [-0.05, 0) is 71.2 Å². The van der Waals surface area contributed by atoms with Crippen molar-refractivity contribution in [2.24, 2.45) is 0 Å². The average molecular weight is 540 g/mol. The van der Waals surface area contributed by atoms with Crippen molar-refractivity contribution < 1.29 is 19.1 Å². The zero-order valence-corrected chi connectivity index (χ0v) is 20.7. The number of amides is 4. The molecule has 0 aromatic heterocycles. The van der Waals surface area contributed by atoms with Crippen molar-refractivity contribution in [3.8, 4) is 5.75 Å². The summed E-state index contributed by atoms with van der Waals surface area (Å²) in [5, 5.41) is 2.87. The Morgan fingerprint density at radius 3 is 2.50 bits per heavy atom. The molecular formula is C26H20BrClN2O4. The van der Waals surface area contributed by atoms with Crippen LogP contribution in [0.3, 0.4) is 0 Å². The Bertz CT molecular complexity index is 1350. The van der Waals surface area contributed by atoms with Gasteiger partial charge in [-0.15, -0.1) is 0 Å². The third kappa shape index (κ3) is 4.90. The van der Waals surface area contributed by atoms with Crippen LogP contribution in [-0.2, 0) is 16.2 Å². The van der Waals surface area contributed by atoms with Crippen LogP contribution in [0.2, 0.25) is 5.02 Å². The molecule has 0 atom stereocenters. The lowest BCUT2D eigenvalue weighted by Gasteiger charge is -2.27. The number of ether oxygens (including phenoxy) is 1. The number of halogens is 2. The van der Waals surface area contributed by atoms with Gasteiger partial charge in [-0.3, -0.25) is 14.9 Å². The fourth-order valence-electron chi connectivity index (χ4n) is 3.59. The first kappa shape index (κ1) is 23.7. The molecule has 6 nitrogen and oxygen atoms in total. The zero-order valence-electron chi connectivity index (χ0n) is 18.4. The van der Waals surface area contributed by atoms with Gasteiger partial charge in [0.2, 0.25) is 0 Å². The van der Waals surface area contributed by atoms with Crippen LogP contribution in [0.4, 0.5) is 10.5 Å². The van der Waals surface area contributed by atoms with Gasteiger partial charge in [-0.1, -0.05) is 53.6 Å². The van der Waals surface area contributed by atoms with E-state index in [2.05, 4.69) is 21.2 Å². The Labute approximate surface area is 210 Å². The largest absolute Gasteiger partial charge is 0.488 e. The van der Waals surface area contributed by atoms with Gasteiger partial charge in [0.25, 0.3) is 11.8 Å². The lowest BCUT2D eigenvalue weighted by molar-refractivity contribution is -0.122. The second-order valence-corrected chi connectivity index (χ2v) is 9.08. The second kappa shape index (κ2) is 9.83. The molecule has 1 heterocycles. The molecule has 1 saturated heterocycles. The predicted octanol–water partition coefficient (Wildman–Crippen LogP) is 5.96. The quantitative estimate of drug-likeness (QED) is 0.320. The number of nitrogens with zero attached hydrogens (tertiary/aromatic N) is 1. The van der Waals surface area contributed by atoms with Gasteiger partial charge >= 0.3 is 6.03 Å². The highest BCUT2D eigenvalue weighted by atomic mass is 79.9. The Balaban J connectivity index is 1.59. The molecule has 1 aliphatic heterocycles. The minimum atomic E-state index is -0.774. The number of barbiturate groups is 1. The second-order valence-electron chi connectivity index (χ2n) is 7.82. The Morgan fingerprint density at radius 2 is 1.79 bits per heavy atom. The predicted molar refractivity (Wildman–Crippen MR) is 135 cm³/mol. The summed E-state index contributed by atoms with van der Waals surface area (Å²) in [6.45, 7) is 4.01. The molecule has 0 bridgehead atoms. The van der Waals surface area contributed by atoms with E-state index in [0.717, 1.165) is 21.6 Å².